The second-order valence-electron chi connectivity index (χ2n) is 6.48. The van der Waals surface area contributed by atoms with Gasteiger partial charge in [-0.15, -0.1) is 11.8 Å². The summed E-state index contributed by atoms with van der Waals surface area (Å²) in [4.78, 5) is 1.33. The van der Waals surface area contributed by atoms with E-state index in [1.165, 1.54) is 10.5 Å². The highest BCUT2D eigenvalue weighted by Gasteiger charge is 2.09. The van der Waals surface area contributed by atoms with Crippen molar-refractivity contribution in [1.82, 2.24) is 5.32 Å². The molecule has 0 unspecified atom stereocenters. The van der Waals surface area contributed by atoms with Crippen molar-refractivity contribution >= 4 is 11.8 Å². The van der Waals surface area contributed by atoms with Crippen LogP contribution in [0.5, 0.6) is 0 Å². The first kappa shape index (κ1) is 17.5. The molecule has 0 saturated carbocycles. The van der Waals surface area contributed by atoms with E-state index >= 15 is 0 Å². The molecule has 114 valence electrons. The Morgan fingerprint density at radius 3 is 2.65 bits per heavy atom. The van der Waals surface area contributed by atoms with E-state index < -0.39 is 0 Å². The third kappa shape index (κ3) is 8.62. The summed E-state index contributed by atoms with van der Waals surface area (Å²) in [5.41, 5.74) is 1.32. The van der Waals surface area contributed by atoms with E-state index in [9.17, 15) is 0 Å². The van der Waals surface area contributed by atoms with Gasteiger partial charge in [0.25, 0.3) is 0 Å². The van der Waals surface area contributed by atoms with E-state index in [0.717, 1.165) is 25.4 Å². The normalized spacial score (nSPS) is 12.1. The Bertz CT molecular complexity index is 385. The van der Waals surface area contributed by atoms with Gasteiger partial charge in [0.05, 0.1) is 12.2 Å². The molecule has 0 amide bonds. The average Bonchev–Trinajstić information content (AvgIpc) is 2.34. The second-order valence-corrected chi connectivity index (χ2v) is 7.65. The highest BCUT2D eigenvalue weighted by atomic mass is 32.2. The van der Waals surface area contributed by atoms with E-state index in [0.29, 0.717) is 5.92 Å². The number of thioether (sulfide) groups is 1. The standard InChI is InChI=1S/C17H29NOS/c1-14(2)12-18-13-15-7-6-8-16(11-15)20-10-9-19-17(3,4)5/h6-8,11,14,18H,9-10,12-13H2,1-5H3. The maximum Gasteiger partial charge on any atom is 0.0598 e. The van der Waals surface area contributed by atoms with Crippen molar-refractivity contribution < 1.29 is 4.74 Å². The minimum absolute atomic E-state index is 0.0385. The van der Waals surface area contributed by atoms with E-state index in [1.807, 2.05) is 11.8 Å². The summed E-state index contributed by atoms with van der Waals surface area (Å²) in [6.45, 7) is 13.6. The number of hydrogen-bond acceptors (Lipinski definition) is 3. The molecule has 0 spiro atoms. The molecule has 0 aliphatic heterocycles. The number of nitrogens with one attached hydrogen (secondary N) is 1. The van der Waals surface area contributed by atoms with E-state index in [4.69, 9.17) is 4.74 Å². The van der Waals surface area contributed by atoms with Crippen LogP contribution in [0.2, 0.25) is 0 Å². The molecule has 1 rings (SSSR count). The lowest BCUT2D eigenvalue weighted by Gasteiger charge is -2.19. The summed E-state index contributed by atoms with van der Waals surface area (Å²) in [5, 5.41) is 3.48. The van der Waals surface area contributed by atoms with Gasteiger partial charge in [0.1, 0.15) is 0 Å². The zero-order chi connectivity index (χ0) is 15.0. The molecule has 0 atom stereocenters. The Balaban J connectivity index is 2.32. The van der Waals surface area contributed by atoms with Gasteiger partial charge in [0.2, 0.25) is 0 Å². The molecule has 2 nitrogen and oxygen atoms in total. The molecule has 20 heavy (non-hydrogen) atoms. The molecule has 0 aliphatic rings. The van der Waals surface area contributed by atoms with Crippen molar-refractivity contribution in [2.24, 2.45) is 5.92 Å². The van der Waals surface area contributed by atoms with Crippen molar-refractivity contribution in [2.75, 3.05) is 18.9 Å². The van der Waals surface area contributed by atoms with Gasteiger partial charge in [-0.05, 0) is 50.9 Å². The van der Waals surface area contributed by atoms with Gasteiger partial charge in [-0.2, -0.15) is 0 Å². The van der Waals surface area contributed by atoms with Gasteiger partial charge < -0.3 is 10.1 Å². The summed E-state index contributed by atoms with van der Waals surface area (Å²) in [6.07, 6.45) is 0. The van der Waals surface area contributed by atoms with E-state index in [1.54, 1.807) is 0 Å². The minimum Gasteiger partial charge on any atom is -0.375 e. The van der Waals surface area contributed by atoms with Crippen LogP contribution in [-0.4, -0.2) is 24.5 Å². The van der Waals surface area contributed by atoms with Gasteiger partial charge >= 0.3 is 0 Å². The fourth-order valence-electron chi connectivity index (χ4n) is 1.76. The van der Waals surface area contributed by atoms with Crippen molar-refractivity contribution in [3.8, 4) is 0 Å². The zero-order valence-electron chi connectivity index (χ0n) is 13.5. The third-order valence-corrected chi connectivity index (χ3v) is 3.63. The lowest BCUT2D eigenvalue weighted by molar-refractivity contribution is 0.00695. The first-order valence-electron chi connectivity index (χ1n) is 7.43. The topological polar surface area (TPSA) is 21.3 Å². The first-order chi connectivity index (χ1) is 9.37. The molecule has 0 radical (unpaired) electrons. The van der Waals surface area contributed by atoms with Crippen LogP contribution >= 0.6 is 11.8 Å². The van der Waals surface area contributed by atoms with Crippen LogP contribution in [0.3, 0.4) is 0 Å². The summed E-state index contributed by atoms with van der Waals surface area (Å²) in [7, 11) is 0. The molecular formula is C17H29NOS. The summed E-state index contributed by atoms with van der Waals surface area (Å²) >= 11 is 1.86. The minimum atomic E-state index is -0.0385. The van der Waals surface area contributed by atoms with Crippen LogP contribution in [0.4, 0.5) is 0 Å². The summed E-state index contributed by atoms with van der Waals surface area (Å²) in [5.74, 6) is 1.70. The fraction of sp³-hybridized carbons (Fsp3) is 0.647. The first-order valence-corrected chi connectivity index (χ1v) is 8.42. The molecule has 0 saturated heterocycles. The zero-order valence-corrected chi connectivity index (χ0v) is 14.3. The van der Waals surface area contributed by atoms with Crippen LogP contribution in [0.1, 0.15) is 40.2 Å². The second kappa shape index (κ2) is 8.71. The maximum absolute atomic E-state index is 5.74. The van der Waals surface area contributed by atoms with Crippen molar-refractivity contribution in [3.63, 3.8) is 0 Å². The predicted molar refractivity (Wildman–Crippen MR) is 89.4 cm³/mol. The largest absolute Gasteiger partial charge is 0.375 e. The maximum atomic E-state index is 5.74. The Kier molecular flexibility index (Phi) is 7.63. The van der Waals surface area contributed by atoms with Gasteiger partial charge in [0, 0.05) is 17.2 Å². The quantitative estimate of drug-likeness (QED) is 0.569. The highest BCUT2D eigenvalue weighted by molar-refractivity contribution is 7.99. The molecule has 0 heterocycles. The molecule has 3 heteroatoms. The molecular weight excluding hydrogens is 266 g/mol. The van der Waals surface area contributed by atoms with Crippen LogP contribution in [0, 0.1) is 5.92 Å². The van der Waals surface area contributed by atoms with Crippen molar-refractivity contribution in [2.45, 2.75) is 51.7 Å². The molecule has 0 aliphatic carbocycles. The Hall–Kier alpha value is -0.510. The number of hydrogen-bond donors (Lipinski definition) is 1. The van der Waals surface area contributed by atoms with Crippen LogP contribution in [-0.2, 0) is 11.3 Å². The van der Waals surface area contributed by atoms with Gasteiger partial charge in [0.15, 0.2) is 0 Å². The SMILES string of the molecule is CC(C)CNCc1cccc(SCCOC(C)(C)C)c1. The van der Waals surface area contributed by atoms with E-state index in [-0.39, 0.29) is 5.60 Å². The number of benzene rings is 1. The summed E-state index contributed by atoms with van der Waals surface area (Å²) < 4.78 is 5.74. The number of ether oxygens (including phenoxy) is 1. The Labute approximate surface area is 128 Å². The Morgan fingerprint density at radius 1 is 1.25 bits per heavy atom. The van der Waals surface area contributed by atoms with Crippen molar-refractivity contribution in [3.05, 3.63) is 29.8 Å². The lowest BCUT2D eigenvalue weighted by Crippen LogP contribution is -2.20. The molecule has 0 fully saturated rings. The van der Waals surface area contributed by atoms with Gasteiger partial charge in [-0.3, -0.25) is 0 Å². The summed E-state index contributed by atoms with van der Waals surface area (Å²) in [6, 6.07) is 8.77. The molecule has 0 aromatic heterocycles. The highest BCUT2D eigenvalue weighted by Crippen LogP contribution is 2.20. The molecule has 1 N–H and O–H groups in total. The molecule has 1 aromatic rings. The number of rotatable bonds is 8. The molecule has 0 bridgehead atoms. The monoisotopic (exact) mass is 295 g/mol. The predicted octanol–water partition coefficient (Wildman–Crippen LogP) is 4.34. The van der Waals surface area contributed by atoms with Gasteiger partial charge in [-0.1, -0.05) is 26.0 Å². The van der Waals surface area contributed by atoms with Gasteiger partial charge in [-0.25, -0.2) is 0 Å². The third-order valence-electron chi connectivity index (χ3n) is 2.67. The van der Waals surface area contributed by atoms with Crippen LogP contribution < -0.4 is 5.32 Å². The van der Waals surface area contributed by atoms with Crippen molar-refractivity contribution in [1.29, 1.82) is 0 Å². The van der Waals surface area contributed by atoms with Crippen LogP contribution in [0.15, 0.2) is 29.2 Å². The molecule has 1 aromatic carbocycles. The smallest absolute Gasteiger partial charge is 0.0598 e. The van der Waals surface area contributed by atoms with Crippen LogP contribution in [0.25, 0.3) is 0 Å². The Morgan fingerprint density at radius 2 is 2.00 bits per heavy atom. The fourth-order valence-corrected chi connectivity index (χ4v) is 2.57. The lowest BCUT2D eigenvalue weighted by atomic mass is 10.2. The average molecular weight is 295 g/mol. The van der Waals surface area contributed by atoms with E-state index in [2.05, 4.69) is 64.2 Å².